The lowest BCUT2D eigenvalue weighted by molar-refractivity contribution is -0.111. The molecule has 9 heteroatoms. The van der Waals surface area contributed by atoms with Crippen molar-refractivity contribution < 1.29 is 28.9 Å². The van der Waals surface area contributed by atoms with Crippen molar-refractivity contribution in [2.45, 2.75) is 13.0 Å². The number of anilines is 3. The van der Waals surface area contributed by atoms with Gasteiger partial charge in [-0.1, -0.05) is 55.5 Å². The molecule has 9 nitrogen and oxygen atoms in total. The molecule has 2 amide bonds. The highest BCUT2D eigenvalue weighted by Gasteiger charge is 2.25. The molecule has 0 spiro atoms. The minimum atomic E-state index is -0.796. The van der Waals surface area contributed by atoms with Crippen LogP contribution in [0.4, 0.5) is 21.9 Å². The Balaban J connectivity index is 1.40. The van der Waals surface area contributed by atoms with Gasteiger partial charge in [0.2, 0.25) is 12.7 Å². The Hall–Kier alpha value is -5.18. The lowest BCUT2D eigenvalue weighted by Gasteiger charge is -2.24. The normalized spacial score (nSPS) is 13.7. The molecule has 1 aliphatic heterocycles. The lowest BCUT2D eigenvalue weighted by atomic mass is 9.92. The number of amides is 2. The van der Waals surface area contributed by atoms with Crippen LogP contribution in [0.15, 0.2) is 91.0 Å². The Bertz CT molecular complexity index is 1570. The number of fused-ring (bicyclic) bond motifs is 2. The fourth-order valence-corrected chi connectivity index (χ4v) is 4.37. The zero-order valence-corrected chi connectivity index (χ0v) is 21.1. The summed E-state index contributed by atoms with van der Waals surface area (Å²) in [5, 5.41) is 17.2. The van der Waals surface area contributed by atoms with Crippen molar-refractivity contribution in [3.63, 3.8) is 0 Å². The van der Waals surface area contributed by atoms with Crippen molar-refractivity contribution in [1.82, 2.24) is 0 Å². The minimum Gasteiger partial charge on any atom is -0.507 e. The molecule has 4 aromatic rings. The van der Waals surface area contributed by atoms with Crippen LogP contribution in [-0.4, -0.2) is 23.9 Å². The van der Waals surface area contributed by atoms with Crippen LogP contribution < -0.4 is 25.8 Å². The number of rotatable bonds is 7. The number of hydrogen-bond acceptors (Lipinski definition) is 7. The number of aromatic hydroxyl groups is 1. The van der Waals surface area contributed by atoms with Crippen molar-refractivity contribution >= 4 is 39.8 Å². The van der Waals surface area contributed by atoms with Gasteiger partial charge >= 0.3 is 6.09 Å². The second-order valence-electron chi connectivity index (χ2n) is 9.03. The first kappa shape index (κ1) is 25.5. The molecule has 5 N–H and O–H groups in total. The van der Waals surface area contributed by atoms with Crippen molar-refractivity contribution in [2.75, 3.05) is 23.2 Å². The Morgan fingerprint density at radius 3 is 2.51 bits per heavy atom. The van der Waals surface area contributed by atoms with E-state index in [1.54, 1.807) is 66.7 Å². The van der Waals surface area contributed by atoms with Gasteiger partial charge in [0.25, 0.3) is 0 Å². The zero-order chi connectivity index (χ0) is 27.4. The molecule has 0 saturated carbocycles. The summed E-state index contributed by atoms with van der Waals surface area (Å²) in [5.41, 5.74) is 8.02. The number of hydrogen-bond donors (Lipinski definition) is 4. The van der Waals surface area contributed by atoms with Gasteiger partial charge in [-0.15, -0.1) is 0 Å². The standard InChI is InChI=1S/C30H27N3O6/c1-18(10-15-28(35)33-24-9-5-4-8-23(24)31)29(22-12-13-25(34)21-7-3-2-6-20(21)22)39-30(36)32-19-11-14-26-27(16-19)38-17-37-26/h2-16,18,29,34H,17,31H2,1H3,(H,32,36)(H,33,35)/b15-10+/t18-,29-/m0/s1. The third-order valence-electron chi connectivity index (χ3n) is 6.34. The summed E-state index contributed by atoms with van der Waals surface area (Å²) in [6.07, 6.45) is 1.55. The average Bonchev–Trinajstić information content (AvgIpc) is 3.40. The summed E-state index contributed by atoms with van der Waals surface area (Å²) in [4.78, 5) is 25.7. The fourth-order valence-electron chi connectivity index (χ4n) is 4.37. The van der Waals surface area contributed by atoms with E-state index >= 15 is 0 Å². The zero-order valence-electron chi connectivity index (χ0n) is 21.1. The molecule has 0 aromatic heterocycles. The lowest BCUT2D eigenvalue weighted by Crippen LogP contribution is -2.22. The summed E-state index contributed by atoms with van der Waals surface area (Å²) < 4.78 is 16.6. The molecule has 2 atom stereocenters. The molecule has 0 unspecified atom stereocenters. The molecule has 0 saturated heterocycles. The molecular formula is C30H27N3O6. The number of carbonyl (C=O) groups is 2. The number of ether oxygens (including phenoxy) is 3. The number of benzene rings is 4. The molecule has 4 aromatic carbocycles. The summed E-state index contributed by atoms with van der Waals surface area (Å²) in [6, 6.07) is 22.6. The van der Waals surface area contributed by atoms with Gasteiger partial charge in [0.15, 0.2) is 11.5 Å². The monoisotopic (exact) mass is 525 g/mol. The van der Waals surface area contributed by atoms with Gasteiger partial charge in [-0.25, -0.2) is 4.79 Å². The number of carbonyl (C=O) groups excluding carboxylic acids is 2. The highest BCUT2D eigenvalue weighted by atomic mass is 16.7. The Labute approximate surface area is 224 Å². The van der Waals surface area contributed by atoms with E-state index < -0.39 is 18.1 Å². The first-order chi connectivity index (χ1) is 18.9. The van der Waals surface area contributed by atoms with E-state index in [1.165, 1.54) is 6.08 Å². The van der Waals surface area contributed by atoms with Crippen LogP contribution in [-0.2, 0) is 9.53 Å². The predicted molar refractivity (Wildman–Crippen MR) is 149 cm³/mol. The number of nitrogen functional groups attached to an aromatic ring is 1. The fraction of sp³-hybridized carbons (Fsp3) is 0.133. The number of para-hydroxylation sites is 2. The third-order valence-corrected chi connectivity index (χ3v) is 6.34. The molecule has 0 bridgehead atoms. The molecule has 39 heavy (non-hydrogen) atoms. The average molecular weight is 526 g/mol. The van der Waals surface area contributed by atoms with E-state index in [1.807, 2.05) is 25.1 Å². The highest BCUT2D eigenvalue weighted by molar-refractivity contribution is 6.01. The molecular weight excluding hydrogens is 498 g/mol. The van der Waals surface area contributed by atoms with Gasteiger partial charge in [0.1, 0.15) is 11.9 Å². The number of nitrogens with one attached hydrogen (secondary N) is 2. The largest absolute Gasteiger partial charge is 0.507 e. The van der Waals surface area contributed by atoms with Crippen molar-refractivity contribution in [3.8, 4) is 17.2 Å². The van der Waals surface area contributed by atoms with Crippen molar-refractivity contribution in [2.24, 2.45) is 5.92 Å². The van der Waals surface area contributed by atoms with Crippen LogP contribution in [0.25, 0.3) is 10.8 Å². The summed E-state index contributed by atoms with van der Waals surface area (Å²) in [7, 11) is 0. The van der Waals surface area contributed by atoms with Crippen LogP contribution in [0.1, 0.15) is 18.6 Å². The van der Waals surface area contributed by atoms with Crippen molar-refractivity contribution in [3.05, 3.63) is 96.6 Å². The van der Waals surface area contributed by atoms with Gasteiger partial charge in [0.05, 0.1) is 11.4 Å². The SMILES string of the molecule is C[C@@H](/C=C/C(=O)Nc1ccccc1N)[C@H](OC(=O)Nc1ccc2c(c1)OCO2)c1ccc(O)c2ccccc12. The summed E-state index contributed by atoms with van der Waals surface area (Å²) in [5.74, 6) is 0.422. The molecule has 1 aliphatic rings. The molecule has 0 fully saturated rings. The van der Waals surface area contributed by atoms with Gasteiger partial charge < -0.3 is 30.4 Å². The molecule has 0 radical (unpaired) electrons. The van der Waals surface area contributed by atoms with E-state index in [-0.39, 0.29) is 18.4 Å². The van der Waals surface area contributed by atoms with E-state index in [4.69, 9.17) is 19.9 Å². The van der Waals surface area contributed by atoms with E-state index in [0.717, 1.165) is 5.39 Å². The van der Waals surface area contributed by atoms with Gasteiger partial charge in [-0.3, -0.25) is 10.1 Å². The third kappa shape index (κ3) is 5.72. The maximum Gasteiger partial charge on any atom is 0.412 e. The van der Waals surface area contributed by atoms with E-state index in [0.29, 0.717) is 39.5 Å². The predicted octanol–water partition coefficient (Wildman–Crippen LogP) is 5.98. The van der Waals surface area contributed by atoms with Crippen LogP contribution in [0.5, 0.6) is 17.2 Å². The van der Waals surface area contributed by atoms with Crippen LogP contribution >= 0.6 is 0 Å². The summed E-state index contributed by atoms with van der Waals surface area (Å²) in [6.45, 7) is 1.95. The van der Waals surface area contributed by atoms with Crippen LogP contribution in [0, 0.1) is 5.92 Å². The van der Waals surface area contributed by atoms with E-state index in [2.05, 4.69) is 10.6 Å². The van der Waals surface area contributed by atoms with Gasteiger partial charge in [0, 0.05) is 28.6 Å². The maximum atomic E-state index is 13.0. The highest BCUT2D eigenvalue weighted by Crippen LogP contribution is 2.37. The Morgan fingerprint density at radius 1 is 0.949 bits per heavy atom. The minimum absolute atomic E-state index is 0.112. The molecule has 5 rings (SSSR count). The molecule has 0 aliphatic carbocycles. The van der Waals surface area contributed by atoms with Crippen molar-refractivity contribution in [1.29, 1.82) is 0 Å². The summed E-state index contributed by atoms with van der Waals surface area (Å²) >= 11 is 0. The Morgan fingerprint density at radius 2 is 1.69 bits per heavy atom. The number of nitrogens with two attached hydrogens (primary N) is 1. The van der Waals surface area contributed by atoms with E-state index in [9.17, 15) is 14.7 Å². The van der Waals surface area contributed by atoms with Crippen LogP contribution in [0.3, 0.4) is 0 Å². The quantitative estimate of drug-likeness (QED) is 0.172. The maximum absolute atomic E-state index is 13.0. The van der Waals surface area contributed by atoms with Gasteiger partial charge in [-0.2, -0.15) is 0 Å². The first-order valence-electron chi connectivity index (χ1n) is 12.3. The van der Waals surface area contributed by atoms with Gasteiger partial charge in [-0.05, 0) is 41.8 Å². The Kier molecular flexibility index (Phi) is 7.22. The number of phenolic OH excluding ortho intramolecular Hbond substituents is 1. The molecule has 1 heterocycles. The topological polar surface area (TPSA) is 132 Å². The smallest absolute Gasteiger partial charge is 0.412 e. The first-order valence-corrected chi connectivity index (χ1v) is 12.3. The van der Waals surface area contributed by atoms with Crippen LogP contribution in [0.2, 0.25) is 0 Å². The second kappa shape index (κ2) is 11.1. The second-order valence-corrected chi connectivity index (χ2v) is 9.03. The molecule has 198 valence electrons. The number of phenols is 1.